The number of aromatic nitrogens is 1. The van der Waals surface area contributed by atoms with Crippen molar-refractivity contribution in [3.05, 3.63) is 23.9 Å². The van der Waals surface area contributed by atoms with Gasteiger partial charge in [-0.15, -0.1) is 0 Å². The molecule has 1 spiro atoms. The lowest BCUT2D eigenvalue weighted by molar-refractivity contribution is -0.145. The Morgan fingerprint density at radius 2 is 1.82 bits per heavy atom. The minimum Gasteiger partial charge on any atom is -0.481 e. The molecule has 3 heterocycles. The second kappa shape index (κ2) is 15.2. The summed E-state index contributed by atoms with van der Waals surface area (Å²) in [6.07, 6.45) is 10.2. The van der Waals surface area contributed by atoms with Gasteiger partial charge in [0.2, 0.25) is 29.4 Å². The summed E-state index contributed by atoms with van der Waals surface area (Å²) in [4.78, 5) is 79.8. The molecule has 0 bridgehead atoms. The Morgan fingerprint density at radius 3 is 2.47 bits per heavy atom. The molecule has 13 heteroatoms. The standard InChI is InChI=1S/C36H52N6O7/c1-6-11-25(29(44)32(46)38-23-15-16-23)39-31(45)27-20-36(19-26(41-49-36)24-14-10-17-37-33(24)48-5)21-42(27)34(47)30(35(2,3)4)40-28(43)18-22-12-8-7-9-13-22/h10,14,17,22-23,25,27,30H,6-9,11-13,15-16,18-21H2,1-5H3,(H,38,46)(H,39,45)(H,40,43)/t25-,27-,30+,36+/m0/s1. The second-order valence-corrected chi connectivity index (χ2v) is 15.3. The molecular weight excluding hydrogens is 628 g/mol. The second-order valence-electron chi connectivity index (χ2n) is 15.3. The number of hydrogen-bond donors (Lipinski definition) is 3. The fourth-order valence-corrected chi connectivity index (χ4v) is 7.20. The summed E-state index contributed by atoms with van der Waals surface area (Å²) in [5.74, 6) is -1.92. The van der Waals surface area contributed by atoms with Crippen LogP contribution in [0.5, 0.6) is 5.88 Å². The molecule has 0 radical (unpaired) electrons. The molecule has 0 unspecified atom stereocenters. The Bertz CT molecular complexity index is 1450. The van der Waals surface area contributed by atoms with Crippen molar-refractivity contribution in [3.8, 4) is 5.88 Å². The maximum absolute atomic E-state index is 14.6. The van der Waals surface area contributed by atoms with Gasteiger partial charge in [-0.25, -0.2) is 4.98 Å². The summed E-state index contributed by atoms with van der Waals surface area (Å²) in [5.41, 5.74) is -0.512. The monoisotopic (exact) mass is 680 g/mol. The van der Waals surface area contributed by atoms with Crippen LogP contribution in [0.1, 0.15) is 110 Å². The molecule has 2 aliphatic heterocycles. The van der Waals surface area contributed by atoms with E-state index in [-0.39, 0.29) is 43.7 Å². The third kappa shape index (κ3) is 8.77. The molecule has 49 heavy (non-hydrogen) atoms. The van der Waals surface area contributed by atoms with Gasteiger partial charge in [0.1, 0.15) is 12.1 Å². The highest BCUT2D eigenvalue weighted by Crippen LogP contribution is 2.41. The molecule has 2 saturated carbocycles. The summed E-state index contributed by atoms with van der Waals surface area (Å²) < 4.78 is 5.44. The van der Waals surface area contributed by atoms with Crippen LogP contribution in [0.3, 0.4) is 0 Å². The van der Waals surface area contributed by atoms with Gasteiger partial charge in [0.05, 0.1) is 31.0 Å². The van der Waals surface area contributed by atoms with Crippen molar-refractivity contribution in [3.63, 3.8) is 0 Å². The normalized spacial score (nSPS) is 23.7. The zero-order chi connectivity index (χ0) is 35.3. The average molecular weight is 681 g/mol. The first-order chi connectivity index (χ1) is 23.3. The molecule has 5 rings (SSSR count). The quantitative estimate of drug-likeness (QED) is 0.267. The van der Waals surface area contributed by atoms with E-state index in [1.165, 1.54) is 18.4 Å². The number of ketones is 1. The molecule has 4 amide bonds. The van der Waals surface area contributed by atoms with Crippen LogP contribution in [0.2, 0.25) is 0 Å². The number of hydrogen-bond acceptors (Lipinski definition) is 9. The van der Waals surface area contributed by atoms with Crippen molar-refractivity contribution in [2.24, 2.45) is 16.5 Å². The van der Waals surface area contributed by atoms with Crippen LogP contribution in [-0.4, -0.2) is 88.4 Å². The summed E-state index contributed by atoms with van der Waals surface area (Å²) in [7, 11) is 1.52. The van der Waals surface area contributed by atoms with Crippen molar-refractivity contribution in [2.75, 3.05) is 13.7 Å². The Kier molecular flexibility index (Phi) is 11.3. The molecule has 1 aromatic rings. The molecule has 4 aliphatic rings. The number of nitrogens with zero attached hydrogens (tertiary/aromatic N) is 3. The first-order valence-electron chi connectivity index (χ1n) is 17.8. The lowest BCUT2D eigenvalue weighted by Crippen LogP contribution is -2.59. The number of Topliss-reactive ketones (excluding diaryl/α,β-unsaturated/α-hetero) is 1. The number of carbonyl (C=O) groups is 5. The van der Waals surface area contributed by atoms with Gasteiger partial charge in [0.25, 0.3) is 5.91 Å². The average Bonchev–Trinajstić information content (AvgIpc) is 3.67. The maximum Gasteiger partial charge on any atom is 0.289 e. The number of methoxy groups -OCH3 is 1. The molecule has 2 aliphatic carbocycles. The Hall–Kier alpha value is -4.03. The van der Waals surface area contributed by atoms with Crippen molar-refractivity contribution >= 4 is 35.1 Å². The number of likely N-dealkylation sites (tertiary alicyclic amines) is 1. The molecule has 3 N–H and O–H groups in total. The van der Waals surface area contributed by atoms with E-state index in [0.717, 1.165) is 38.5 Å². The van der Waals surface area contributed by atoms with Crippen molar-refractivity contribution in [1.82, 2.24) is 25.8 Å². The van der Waals surface area contributed by atoms with Gasteiger partial charge in [-0.1, -0.05) is 58.5 Å². The topological polar surface area (TPSA) is 168 Å². The van der Waals surface area contributed by atoms with Crippen LogP contribution in [0.4, 0.5) is 0 Å². The van der Waals surface area contributed by atoms with Crippen LogP contribution in [0, 0.1) is 11.3 Å². The Balaban J connectivity index is 1.39. The van der Waals surface area contributed by atoms with Crippen LogP contribution >= 0.6 is 0 Å². The van der Waals surface area contributed by atoms with E-state index >= 15 is 0 Å². The largest absolute Gasteiger partial charge is 0.481 e. The number of nitrogens with one attached hydrogen (secondary N) is 3. The van der Waals surface area contributed by atoms with E-state index in [2.05, 4.69) is 26.1 Å². The fraction of sp³-hybridized carbons (Fsp3) is 0.694. The van der Waals surface area contributed by atoms with Gasteiger partial charge in [-0.05, 0) is 55.6 Å². The molecule has 268 valence electrons. The maximum atomic E-state index is 14.6. The number of amides is 4. The number of oxime groups is 1. The zero-order valence-corrected chi connectivity index (χ0v) is 29.5. The SMILES string of the molecule is CCC[C@H](NC(=O)[C@@H]1C[C@]2(CC(c3cccnc3OC)=NO2)CN1C(=O)[C@@H](NC(=O)CC1CCCCC1)C(C)(C)C)C(=O)C(=O)NC1CC1. The van der Waals surface area contributed by atoms with Crippen LogP contribution in [0.15, 0.2) is 23.5 Å². The van der Waals surface area contributed by atoms with Gasteiger partial charge in [0.15, 0.2) is 5.60 Å². The molecule has 1 aromatic heterocycles. The molecule has 4 atom stereocenters. The van der Waals surface area contributed by atoms with Gasteiger partial charge in [-0.2, -0.15) is 0 Å². The summed E-state index contributed by atoms with van der Waals surface area (Å²) in [6.45, 7) is 7.54. The first kappa shape index (κ1) is 36.3. The van der Waals surface area contributed by atoms with E-state index in [9.17, 15) is 24.0 Å². The molecule has 1 saturated heterocycles. The molecule has 3 fully saturated rings. The van der Waals surface area contributed by atoms with E-state index < -0.39 is 52.6 Å². The highest BCUT2D eigenvalue weighted by Gasteiger charge is 2.56. The smallest absolute Gasteiger partial charge is 0.289 e. The lowest BCUT2D eigenvalue weighted by Gasteiger charge is -2.36. The van der Waals surface area contributed by atoms with Gasteiger partial charge >= 0.3 is 0 Å². The van der Waals surface area contributed by atoms with Crippen molar-refractivity contribution in [2.45, 2.75) is 135 Å². The Labute approximate surface area is 288 Å². The zero-order valence-electron chi connectivity index (χ0n) is 29.5. The first-order valence-corrected chi connectivity index (χ1v) is 17.8. The highest BCUT2D eigenvalue weighted by molar-refractivity contribution is 6.38. The van der Waals surface area contributed by atoms with Gasteiger partial charge in [-0.3, -0.25) is 24.0 Å². The van der Waals surface area contributed by atoms with Crippen molar-refractivity contribution < 1.29 is 33.5 Å². The molecule has 13 nitrogen and oxygen atoms in total. The third-order valence-electron chi connectivity index (χ3n) is 10.1. The predicted octanol–water partition coefficient (Wildman–Crippen LogP) is 3.19. The van der Waals surface area contributed by atoms with E-state index in [0.29, 0.717) is 30.0 Å². The number of ether oxygens (including phenoxy) is 1. The van der Waals surface area contributed by atoms with Gasteiger partial charge < -0.3 is 30.4 Å². The van der Waals surface area contributed by atoms with E-state index in [1.807, 2.05) is 33.8 Å². The predicted molar refractivity (Wildman–Crippen MR) is 181 cm³/mol. The minimum absolute atomic E-state index is 0.00737. The van der Waals surface area contributed by atoms with E-state index in [4.69, 9.17) is 9.57 Å². The lowest BCUT2D eigenvalue weighted by atomic mass is 9.84. The van der Waals surface area contributed by atoms with E-state index in [1.54, 1.807) is 12.3 Å². The molecule has 0 aromatic carbocycles. The Morgan fingerprint density at radius 1 is 1.08 bits per heavy atom. The summed E-state index contributed by atoms with van der Waals surface area (Å²) in [6, 6.07) is 0.560. The number of carbonyl (C=O) groups excluding carboxylic acids is 5. The third-order valence-corrected chi connectivity index (χ3v) is 10.1. The van der Waals surface area contributed by atoms with Crippen LogP contribution in [-0.2, 0) is 28.8 Å². The summed E-state index contributed by atoms with van der Waals surface area (Å²) in [5, 5.41) is 12.9. The van der Waals surface area contributed by atoms with Crippen LogP contribution in [0.25, 0.3) is 0 Å². The summed E-state index contributed by atoms with van der Waals surface area (Å²) >= 11 is 0. The van der Waals surface area contributed by atoms with Crippen LogP contribution < -0.4 is 20.7 Å². The van der Waals surface area contributed by atoms with Gasteiger partial charge in [0, 0.05) is 31.5 Å². The van der Waals surface area contributed by atoms with Crippen molar-refractivity contribution in [1.29, 1.82) is 0 Å². The number of pyridine rings is 1. The highest BCUT2D eigenvalue weighted by atomic mass is 16.7. The molecular formula is C36H52N6O7. The number of rotatable bonds is 13. The fourth-order valence-electron chi connectivity index (χ4n) is 7.20. The minimum atomic E-state index is -1.05.